The standard InChI is InChI=1S/C16H26N2/c1-16(2,3)9-11-18-15-8-10-17-12-13-6-4-5-7-14(13)15/h4-7,15,17-18H,8-12H2,1-3H3. The highest BCUT2D eigenvalue weighted by atomic mass is 14.9. The molecule has 2 N–H and O–H groups in total. The second-order valence-corrected chi connectivity index (χ2v) is 6.48. The molecule has 18 heavy (non-hydrogen) atoms. The molecule has 2 heteroatoms. The van der Waals surface area contributed by atoms with Crippen molar-refractivity contribution < 1.29 is 0 Å². The highest BCUT2D eigenvalue weighted by Crippen LogP contribution is 2.24. The van der Waals surface area contributed by atoms with Crippen molar-refractivity contribution in [3.05, 3.63) is 35.4 Å². The van der Waals surface area contributed by atoms with E-state index in [4.69, 9.17) is 0 Å². The number of rotatable bonds is 3. The van der Waals surface area contributed by atoms with Gasteiger partial charge in [0.25, 0.3) is 0 Å². The van der Waals surface area contributed by atoms with E-state index in [0.29, 0.717) is 11.5 Å². The summed E-state index contributed by atoms with van der Waals surface area (Å²) in [5.41, 5.74) is 3.34. The summed E-state index contributed by atoms with van der Waals surface area (Å²) in [7, 11) is 0. The molecule has 0 fully saturated rings. The maximum Gasteiger partial charge on any atom is 0.0335 e. The van der Waals surface area contributed by atoms with Crippen LogP contribution in [-0.4, -0.2) is 13.1 Å². The number of hydrogen-bond acceptors (Lipinski definition) is 2. The first-order valence-corrected chi connectivity index (χ1v) is 7.08. The molecule has 100 valence electrons. The topological polar surface area (TPSA) is 24.1 Å². The predicted octanol–water partition coefficient (Wildman–Crippen LogP) is 3.25. The molecule has 0 spiro atoms. The largest absolute Gasteiger partial charge is 0.313 e. The van der Waals surface area contributed by atoms with Gasteiger partial charge in [-0.25, -0.2) is 0 Å². The van der Waals surface area contributed by atoms with Gasteiger partial charge < -0.3 is 10.6 Å². The van der Waals surface area contributed by atoms with Crippen molar-refractivity contribution in [2.24, 2.45) is 5.41 Å². The lowest BCUT2D eigenvalue weighted by molar-refractivity contribution is 0.351. The van der Waals surface area contributed by atoms with E-state index in [1.54, 1.807) is 0 Å². The third-order valence-corrected chi connectivity index (χ3v) is 3.62. The van der Waals surface area contributed by atoms with Gasteiger partial charge in [0.15, 0.2) is 0 Å². The summed E-state index contributed by atoms with van der Waals surface area (Å²) < 4.78 is 0. The molecule has 1 unspecified atom stereocenters. The SMILES string of the molecule is CC(C)(C)CCNC1CCNCc2ccccc21. The predicted molar refractivity (Wildman–Crippen MR) is 77.6 cm³/mol. The summed E-state index contributed by atoms with van der Waals surface area (Å²) >= 11 is 0. The molecule has 2 rings (SSSR count). The molecular formula is C16H26N2. The Hall–Kier alpha value is -0.860. The zero-order chi connectivity index (χ0) is 13.0. The molecule has 0 bridgehead atoms. The first-order valence-electron chi connectivity index (χ1n) is 7.08. The molecule has 0 aliphatic carbocycles. The Bertz CT molecular complexity index is 379. The molecule has 1 aliphatic rings. The van der Waals surface area contributed by atoms with Crippen LogP contribution in [0.25, 0.3) is 0 Å². The fourth-order valence-corrected chi connectivity index (χ4v) is 2.49. The van der Waals surface area contributed by atoms with Crippen LogP contribution in [0, 0.1) is 5.41 Å². The van der Waals surface area contributed by atoms with Crippen LogP contribution in [0.2, 0.25) is 0 Å². The Kier molecular flexibility index (Phi) is 4.41. The van der Waals surface area contributed by atoms with Crippen LogP contribution in [0.4, 0.5) is 0 Å². The summed E-state index contributed by atoms with van der Waals surface area (Å²) in [4.78, 5) is 0. The van der Waals surface area contributed by atoms with Crippen molar-refractivity contribution in [2.75, 3.05) is 13.1 Å². The summed E-state index contributed by atoms with van der Waals surface area (Å²) in [5, 5.41) is 7.23. The van der Waals surface area contributed by atoms with Gasteiger partial charge in [0.2, 0.25) is 0 Å². The third kappa shape index (κ3) is 3.82. The van der Waals surface area contributed by atoms with Crippen LogP contribution in [0.15, 0.2) is 24.3 Å². The Morgan fingerprint density at radius 2 is 2.06 bits per heavy atom. The van der Waals surface area contributed by atoms with Crippen molar-refractivity contribution in [1.82, 2.24) is 10.6 Å². The Balaban J connectivity index is 2.00. The van der Waals surface area contributed by atoms with E-state index in [2.05, 4.69) is 55.7 Å². The van der Waals surface area contributed by atoms with Crippen molar-refractivity contribution in [3.8, 4) is 0 Å². The van der Waals surface area contributed by atoms with Gasteiger partial charge in [-0.15, -0.1) is 0 Å². The molecule has 0 saturated carbocycles. The third-order valence-electron chi connectivity index (χ3n) is 3.62. The van der Waals surface area contributed by atoms with E-state index in [1.807, 2.05) is 0 Å². The van der Waals surface area contributed by atoms with Gasteiger partial charge in [-0.1, -0.05) is 45.0 Å². The fourth-order valence-electron chi connectivity index (χ4n) is 2.49. The molecule has 1 aliphatic heterocycles. The normalized spacial score (nSPS) is 20.3. The van der Waals surface area contributed by atoms with E-state index in [1.165, 1.54) is 24.0 Å². The van der Waals surface area contributed by atoms with Crippen molar-refractivity contribution in [1.29, 1.82) is 0 Å². The molecule has 1 heterocycles. The molecule has 0 aromatic heterocycles. The van der Waals surface area contributed by atoms with E-state index < -0.39 is 0 Å². The first-order chi connectivity index (χ1) is 8.56. The number of hydrogen-bond donors (Lipinski definition) is 2. The molecule has 1 aromatic rings. The van der Waals surface area contributed by atoms with Gasteiger partial charge in [0.05, 0.1) is 0 Å². The minimum absolute atomic E-state index is 0.412. The maximum absolute atomic E-state index is 3.73. The van der Waals surface area contributed by atoms with Gasteiger partial charge in [-0.3, -0.25) is 0 Å². The average Bonchev–Trinajstić information content (AvgIpc) is 2.51. The van der Waals surface area contributed by atoms with Gasteiger partial charge in [0, 0.05) is 12.6 Å². The first kappa shape index (κ1) is 13.6. The van der Waals surface area contributed by atoms with Gasteiger partial charge in [-0.2, -0.15) is 0 Å². The molecule has 1 aromatic carbocycles. The average molecular weight is 246 g/mol. The van der Waals surface area contributed by atoms with E-state index in [-0.39, 0.29) is 0 Å². The second kappa shape index (κ2) is 5.85. The lowest BCUT2D eigenvalue weighted by Gasteiger charge is -2.23. The summed E-state index contributed by atoms with van der Waals surface area (Å²) in [5.74, 6) is 0. The number of fused-ring (bicyclic) bond motifs is 1. The molecule has 2 nitrogen and oxygen atoms in total. The molecule has 1 atom stereocenters. The maximum atomic E-state index is 3.73. The minimum atomic E-state index is 0.412. The van der Waals surface area contributed by atoms with E-state index >= 15 is 0 Å². The molecule has 0 saturated heterocycles. The lowest BCUT2D eigenvalue weighted by Crippen LogP contribution is -2.26. The Labute approximate surface area is 111 Å². The molecule has 0 amide bonds. The Morgan fingerprint density at radius 3 is 2.83 bits per heavy atom. The monoisotopic (exact) mass is 246 g/mol. The van der Waals surface area contributed by atoms with Gasteiger partial charge >= 0.3 is 0 Å². The van der Waals surface area contributed by atoms with E-state index in [9.17, 15) is 0 Å². The highest BCUT2D eigenvalue weighted by Gasteiger charge is 2.18. The van der Waals surface area contributed by atoms with Crippen LogP contribution in [-0.2, 0) is 6.54 Å². The van der Waals surface area contributed by atoms with Gasteiger partial charge in [0.1, 0.15) is 0 Å². The highest BCUT2D eigenvalue weighted by molar-refractivity contribution is 5.30. The molecule has 0 radical (unpaired) electrons. The minimum Gasteiger partial charge on any atom is -0.313 e. The van der Waals surface area contributed by atoms with Crippen LogP contribution >= 0.6 is 0 Å². The van der Waals surface area contributed by atoms with Crippen LogP contribution in [0.1, 0.15) is 50.8 Å². The number of benzene rings is 1. The van der Waals surface area contributed by atoms with E-state index in [0.717, 1.165) is 19.6 Å². The fraction of sp³-hybridized carbons (Fsp3) is 0.625. The van der Waals surface area contributed by atoms with Crippen molar-refractivity contribution >= 4 is 0 Å². The summed E-state index contributed by atoms with van der Waals surface area (Å²) in [6.07, 6.45) is 2.40. The van der Waals surface area contributed by atoms with Crippen molar-refractivity contribution in [3.63, 3.8) is 0 Å². The number of nitrogens with one attached hydrogen (secondary N) is 2. The van der Waals surface area contributed by atoms with Crippen LogP contribution < -0.4 is 10.6 Å². The van der Waals surface area contributed by atoms with Gasteiger partial charge in [-0.05, 0) is 42.5 Å². The molecular weight excluding hydrogens is 220 g/mol. The zero-order valence-electron chi connectivity index (χ0n) is 11.9. The Morgan fingerprint density at radius 1 is 1.28 bits per heavy atom. The second-order valence-electron chi connectivity index (χ2n) is 6.48. The lowest BCUT2D eigenvalue weighted by atomic mass is 9.92. The quantitative estimate of drug-likeness (QED) is 0.855. The smallest absolute Gasteiger partial charge is 0.0335 e. The van der Waals surface area contributed by atoms with Crippen LogP contribution in [0.3, 0.4) is 0 Å². The van der Waals surface area contributed by atoms with Crippen molar-refractivity contribution in [2.45, 2.75) is 46.2 Å². The summed E-state index contributed by atoms with van der Waals surface area (Å²) in [6, 6.07) is 9.32. The van der Waals surface area contributed by atoms with Crippen LogP contribution in [0.5, 0.6) is 0 Å². The summed E-state index contributed by atoms with van der Waals surface area (Å²) in [6.45, 7) is 10.1. The zero-order valence-corrected chi connectivity index (χ0v) is 11.9.